The molecule has 0 unspecified atom stereocenters. The second kappa shape index (κ2) is 6.02. The van der Waals surface area contributed by atoms with Gasteiger partial charge in [0.25, 0.3) is 0 Å². The number of benzene rings is 1. The third-order valence-corrected chi connectivity index (χ3v) is 3.42. The predicted octanol–water partition coefficient (Wildman–Crippen LogP) is 3.55. The molecule has 0 spiro atoms. The van der Waals surface area contributed by atoms with Gasteiger partial charge in [-0.2, -0.15) is 0 Å². The molecule has 2 rings (SSSR count). The Labute approximate surface area is 120 Å². The van der Waals surface area contributed by atoms with Crippen LogP contribution in [-0.2, 0) is 11.2 Å². The highest BCUT2D eigenvalue weighted by Gasteiger charge is 2.07. The summed E-state index contributed by atoms with van der Waals surface area (Å²) in [6, 6.07) is 6.09. The summed E-state index contributed by atoms with van der Waals surface area (Å²) >= 11 is 3.46. The lowest BCUT2D eigenvalue weighted by molar-refractivity contribution is -0.137. The molecule has 1 aromatic carbocycles. The lowest BCUT2D eigenvalue weighted by atomic mass is 10.1. The van der Waals surface area contributed by atoms with Gasteiger partial charge in [-0.15, -0.1) is 0 Å². The fourth-order valence-corrected chi connectivity index (χ4v) is 2.28. The van der Waals surface area contributed by atoms with E-state index >= 15 is 0 Å². The minimum atomic E-state index is -0.769. The Hall–Kier alpha value is -1.62. The number of aliphatic carboxylic acids is 1. The van der Waals surface area contributed by atoms with Crippen LogP contribution in [0.3, 0.4) is 0 Å². The van der Waals surface area contributed by atoms with Gasteiger partial charge in [-0.05, 0) is 31.0 Å². The normalized spacial score (nSPS) is 10.6. The zero-order chi connectivity index (χ0) is 13.8. The number of aromatic nitrogens is 2. The molecule has 2 aromatic rings. The number of hydrogen-bond acceptors (Lipinski definition) is 2. The predicted molar refractivity (Wildman–Crippen MR) is 77.0 cm³/mol. The van der Waals surface area contributed by atoms with E-state index in [0.717, 1.165) is 21.6 Å². The van der Waals surface area contributed by atoms with E-state index in [1.165, 1.54) is 5.56 Å². The van der Waals surface area contributed by atoms with Crippen LogP contribution in [0.5, 0.6) is 0 Å². The Morgan fingerprint density at radius 3 is 3.00 bits per heavy atom. The van der Waals surface area contributed by atoms with Gasteiger partial charge in [-0.3, -0.25) is 4.79 Å². The molecule has 2 N–H and O–H groups in total. The highest BCUT2D eigenvalue weighted by atomic mass is 79.9. The molecular formula is C14H15BrN2O2. The number of nitrogens with one attached hydrogen (secondary N) is 1. The van der Waals surface area contributed by atoms with Crippen LogP contribution in [0.15, 0.2) is 28.9 Å². The first-order valence-corrected chi connectivity index (χ1v) is 6.88. The van der Waals surface area contributed by atoms with Crippen molar-refractivity contribution < 1.29 is 9.90 Å². The van der Waals surface area contributed by atoms with Crippen LogP contribution in [0.1, 0.15) is 24.2 Å². The minimum absolute atomic E-state index is 0.173. The number of H-pyrrole nitrogens is 1. The molecule has 0 aliphatic carbocycles. The lowest BCUT2D eigenvalue weighted by Gasteiger charge is -2.03. The van der Waals surface area contributed by atoms with Crippen molar-refractivity contribution in [2.24, 2.45) is 0 Å². The largest absolute Gasteiger partial charge is 0.481 e. The number of nitrogens with zero attached hydrogens (tertiary/aromatic N) is 1. The van der Waals surface area contributed by atoms with Crippen molar-refractivity contribution in [1.82, 2.24) is 9.97 Å². The number of rotatable bonds is 5. The molecule has 0 fully saturated rings. The SMILES string of the molecule is Cc1ccc(Br)cc1-c1cnc(CCCC(=O)O)[nH]1. The second-order valence-electron chi connectivity index (χ2n) is 4.45. The number of halogens is 1. The third kappa shape index (κ3) is 3.67. The molecule has 0 saturated carbocycles. The van der Waals surface area contributed by atoms with E-state index in [4.69, 9.17) is 5.11 Å². The van der Waals surface area contributed by atoms with Crippen LogP contribution in [-0.4, -0.2) is 21.0 Å². The van der Waals surface area contributed by atoms with Crippen LogP contribution in [0, 0.1) is 6.92 Å². The van der Waals surface area contributed by atoms with Gasteiger partial charge >= 0.3 is 5.97 Å². The Bertz CT molecular complexity index is 593. The van der Waals surface area contributed by atoms with Gasteiger partial charge < -0.3 is 10.1 Å². The van der Waals surface area contributed by atoms with Crippen molar-refractivity contribution in [3.8, 4) is 11.3 Å². The van der Waals surface area contributed by atoms with Gasteiger partial charge in [-0.25, -0.2) is 4.98 Å². The molecule has 100 valence electrons. The minimum Gasteiger partial charge on any atom is -0.481 e. The average Bonchev–Trinajstić information content (AvgIpc) is 2.80. The maximum Gasteiger partial charge on any atom is 0.303 e. The van der Waals surface area contributed by atoms with Crippen molar-refractivity contribution in [2.45, 2.75) is 26.2 Å². The molecule has 4 nitrogen and oxygen atoms in total. The summed E-state index contributed by atoms with van der Waals surface area (Å²) in [5, 5.41) is 8.61. The molecule has 0 radical (unpaired) electrons. The van der Waals surface area contributed by atoms with E-state index < -0.39 is 5.97 Å². The number of imidazole rings is 1. The molecule has 0 atom stereocenters. The molecule has 1 heterocycles. The van der Waals surface area contributed by atoms with E-state index in [1.54, 1.807) is 6.20 Å². The molecule has 5 heteroatoms. The summed E-state index contributed by atoms with van der Waals surface area (Å²) in [7, 11) is 0. The summed E-state index contributed by atoms with van der Waals surface area (Å²) in [5.74, 6) is 0.0604. The summed E-state index contributed by atoms with van der Waals surface area (Å²) in [6.07, 6.45) is 3.22. The molecular weight excluding hydrogens is 308 g/mol. The molecule has 1 aromatic heterocycles. The molecule has 0 aliphatic rings. The Morgan fingerprint density at radius 1 is 1.47 bits per heavy atom. The topological polar surface area (TPSA) is 66.0 Å². The Morgan fingerprint density at radius 2 is 2.26 bits per heavy atom. The number of aryl methyl sites for hydroxylation is 2. The zero-order valence-electron chi connectivity index (χ0n) is 10.6. The molecule has 0 saturated heterocycles. The number of hydrogen-bond donors (Lipinski definition) is 2. The third-order valence-electron chi connectivity index (χ3n) is 2.92. The van der Waals surface area contributed by atoms with Gasteiger partial charge in [0, 0.05) is 22.9 Å². The van der Waals surface area contributed by atoms with Crippen LogP contribution in [0.4, 0.5) is 0 Å². The van der Waals surface area contributed by atoms with Gasteiger partial charge in [-0.1, -0.05) is 22.0 Å². The number of aromatic amines is 1. The zero-order valence-corrected chi connectivity index (χ0v) is 12.2. The first-order chi connectivity index (χ1) is 9.06. The van der Waals surface area contributed by atoms with E-state index in [-0.39, 0.29) is 6.42 Å². The first-order valence-electron chi connectivity index (χ1n) is 6.08. The van der Waals surface area contributed by atoms with Crippen LogP contribution >= 0.6 is 15.9 Å². The molecule has 0 bridgehead atoms. The van der Waals surface area contributed by atoms with E-state index in [0.29, 0.717) is 12.8 Å². The summed E-state index contributed by atoms with van der Waals surface area (Å²) in [5.41, 5.74) is 3.24. The fourth-order valence-electron chi connectivity index (χ4n) is 1.92. The number of carbonyl (C=O) groups is 1. The summed E-state index contributed by atoms with van der Waals surface area (Å²) in [4.78, 5) is 18.0. The van der Waals surface area contributed by atoms with Crippen LogP contribution < -0.4 is 0 Å². The first kappa shape index (κ1) is 13.8. The van der Waals surface area contributed by atoms with Crippen LogP contribution in [0.25, 0.3) is 11.3 Å². The van der Waals surface area contributed by atoms with Gasteiger partial charge in [0.1, 0.15) is 5.82 Å². The van der Waals surface area contributed by atoms with Crippen molar-refractivity contribution in [3.05, 3.63) is 40.3 Å². The molecule has 0 aliphatic heterocycles. The van der Waals surface area contributed by atoms with Crippen molar-refractivity contribution in [1.29, 1.82) is 0 Å². The van der Waals surface area contributed by atoms with Crippen LogP contribution in [0.2, 0.25) is 0 Å². The van der Waals surface area contributed by atoms with Gasteiger partial charge in [0.2, 0.25) is 0 Å². The summed E-state index contributed by atoms with van der Waals surface area (Å²) in [6.45, 7) is 2.05. The highest BCUT2D eigenvalue weighted by Crippen LogP contribution is 2.25. The summed E-state index contributed by atoms with van der Waals surface area (Å²) < 4.78 is 1.02. The van der Waals surface area contributed by atoms with Crippen molar-refractivity contribution in [2.75, 3.05) is 0 Å². The molecule has 0 amide bonds. The highest BCUT2D eigenvalue weighted by molar-refractivity contribution is 9.10. The monoisotopic (exact) mass is 322 g/mol. The number of carboxylic acid groups (broad SMARTS) is 1. The van der Waals surface area contributed by atoms with E-state index in [1.807, 2.05) is 25.1 Å². The Balaban J connectivity index is 2.12. The maximum atomic E-state index is 10.5. The quantitative estimate of drug-likeness (QED) is 0.884. The van der Waals surface area contributed by atoms with Gasteiger partial charge in [0.05, 0.1) is 11.9 Å². The van der Waals surface area contributed by atoms with E-state index in [9.17, 15) is 4.79 Å². The lowest BCUT2D eigenvalue weighted by Crippen LogP contribution is -1.96. The van der Waals surface area contributed by atoms with Crippen molar-refractivity contribution in [3.63, 3.8) is 0 Å². The van der Waals surface area contributed by atoms with Crippen molar-refractivity contribution >= 4 is 21.9 Å². The fraction of sp³-hybridized carbons (Fsp3) is 0.286. The standard InChI is InChI=1S/C14H15BrN2O2/c1-9-5-6-10(15)7-11(9)12-8-16-13(17-12)3-2-4-14(18)19/h5-8H,2-4H2,1H3,(H,16,17)(H,18,19). The van der Waals surface area contributed by atoms with E-state index in [2.05, 4.69) is 25.9 Å². The van der Waals surface area contributed by atoms with Gasteiger partial charge in [0.15, 0.2) is 0 Å². The smallest absolute Gasteiger partial charge is 0.303 e. The second-order valence-corrected chi connectivity index (χ2v) is 5.37. The number of carboxylic acids is 1. The maximum absolute atomic E-state index is 10.5. The molecule has 19 heavy (non-hydrogen) atoms. The average molecular weight is 323 g/mol. The Kier molecular flexibility index (Phi) is 4.37.